The molecule has 2 rings (SSSR count). The van der Waals surface area contributed by atoms with E-state index in [4.69, 9.17) is 0 Å². The highest BCUT2D eigenvalue weighted by molar-refractivity contribution is 5.78. The number of halogens is 3. The molecule has 1 unspecified atom stereocenters. The van der Waals surface area contributed by atoms with E-state index < -0.39 is 17.8 Å². The highest BCUT2D eigenvalue weighted by atomic mass is 19.4. The number of pyridine rings is 1. The summed E-state index contributed by atoms with van der Waals surface area (Å²) in [6, 6.07) is 7.96. The zero-order chi connectivity index (χ0) is 17.7. The first-order valence-corrected chi connectivity index (χ1v) is 7.29. The maximum atomic E-state index is 12.7. The predicted octanol–water partition coefficient (Wildman–Crippen LogP) is 2.80. The van der Waals surface area contributed by atoms with Crippen molar-refractivity contribution in [2.75, 3.05) is 6.54 Å². The molecule has 0 aliphatic rings. The van der Waals surface area contributed by atoms with Gasteiger partial charge in [0.2, 0.25) is 5.91 Å². The van der Waals surface area contributed by atoms with Crippen molar-refractivity contribution in [3.63, 3.8) is 0 Å². The predicted molar refractivity (Wildman–Crippen MR) is 82.1 cm³/mol. The van der Waals surface area contributed by atoms with Crippen molar-refractivity contribution in [1.29, 1.82) is 0 Å². The van der Waals surface area contributed by atoms with Crippen LogP contribution in [0.2, 0.25) is 0 Å². The minimum atomic E-state index is -4.47. The van der Waals surface area contributed by atoms with Gasteiger partial charge in [-0.25, -0.2) is 0 Å². The Morgan fingerprint density at radius 3 is 2.67 bits per heavy atom. The van der Waals surface area contributed by atoms with Gasteiger partial charge in [-0.3, -0.25) is 9.78 Å². The van der Waals surface area contributed by atoms with Gasteiger partial charge in [-0.15, -0.1) is 0 Å². The van der Waals surface area contributed by atoms with Crippen LogP contribution in [0.4, 0.5) is 13.2 Å². The van der Waals surface area contributed by atoms with E-state index in [0.29, 0.717) is 5.56 Å². The van der Waals surface area contributed by atoms with Gasteiger partial charge in [-0.05, 0) is 36.2 Å². The number of aromatic nitrogens is 1. The van der Waals surface area contributed by atoms with Crippen molar-refractivity contribution in [1.82, 2.24) is 10.3 Å². The molecule has 0 spiro atoms. The van der Waals surface area contributed by atoms with Crippen molar-refractivity contribution in [3.8, 4) is 0 Å². The van der Waals surface area contributed by atoms with Gasteiger partial charge >= 0.3 is 6.18 Å². The number of carbonyl (C=O) groups excluding carboxylic acids is 1. The molecule has 1 aromatic heterocycles. The summed E-state index contributed by atoms with van der Waals surface area (Å²) in [6.07, 6.45) is -4.02. The Bertz CT molecular complexity index is 700. The van der Waals surface area contributed by atoms with Crippen LogP contribution >= 0.6 is 0 Å². The number of nitrogens with one attached hydrogen (secondary N) is 1. The van der Waals surface area contributed by atoms with Gasteiger partial charge in [0.25, 0.3) is 0 Å². The lowest BCUT2D eigenvalue weighted by atomic mass is 10.1. The summed E-state index contributed by atoms with van der Waals surface area (Å²) < 4.78 is 38.0. The summed E-state index contributed by atoms with van der Waals surface area (Å²) in [5, 5.41) is 12.5. The van der Waals surface area contributed by atoms with Crippen LogP contribution in [0.3, 0.4) is 0 Å². The van der Waals surface area contributed by atoms with Crippen LogP contribution < -0.4 is 5.32 Å². The molecule has 2 N–H and O–H groups in total. The number of nitrogens with zero attached hydrogens (tertiary/aromatic N) is 1. The van der Waals surface area contributed by atoms with Crippen LogP contribution in [-0.2, 0) is 17.4 Å². The zero-order valence-corrected chi connectivity index (χ0v) is 13.0. The van der Waals surface area contributed by atoms with Gasteiger partial charge in [0.05, 0.1) is 18.1 Å². The Balaban J connectivity index is 1.91. The van der Waals surface area contributed by atoms with Crippen molar-refractivity contribution < 1.29 is 23.1 Å². The number of rotatable bonds is 5. The van der Waals surface area contributed by atoms with Gasteiger partial charge < -0.3 is 10.4 Å². The number of benzene rings is 1. The molecule has 24 heavy (non-hydrogen) atoms. The van der Waals surface area contributed by atoms with E-state index in [-0.39, 0.29) is 24.4 Å². The Kier molecular flexibility index (Phi) is 5.56. The first kappa shape index (κ1) is 17.9. The van der Waals surface area contributed by atoms with Crippen LogP contribution in [0.5, 0.6) is 0 Å². The summed E-state index contributed by atoms with van der Waals surface area (Å²) >= 11 is 0. The first-order valence-electron chi connectivity index (χ1n) is 7.29. The first-order chi connectivity index (χ1) is 11.3. The summed E-state index contributed by atoms with van der Waals surface area (Å²) in [4.78, 5) is 15.9. The third-order valence-electron chi connectivity index (χ3n) is 3.43. The summed E-state index contributed by atoms with van der Waals surface area (Å²) in [5.41, 5.74) is 0.809. The Labute approximate surface area is 137 Å². The van der Waals surface area contributed by atoms with E-state index in [1.54, 1.807) is 18.3 Å². The molecule has 1 atom stereocenters. The van der Waals surface area contributed by atoms with E-state index in [2.05, 4.69) is 10.3 Å². The van der Waals surface area contributed by atoms with Gasteiger partial charge in [0, 0.05) is 18.4 Å². The Morgan fingerprint density at radius 2 is 2.04 bits per heavy atom. The Morgan fingerprint density at radius 1 is 1.29 bits per heavy atom. The molecule has 7 heteroatoms. The van der Waals surface area contributed by atoms with E-state index in [0.717, 1.165) is 17.8 Å². The fourth-order valence-corrected chi connectivity index (χ4v) is 2.10. The SMILES string of the molecule is Cc1ccc(CC(=O)NCC(O)c2cccc(C(F)(F)F)c2)cn1. The van der Waals surface area contributed by atoms with E-state index in [9.17, 15) is 23.1 Å². The molecule has 2 aromatic rings. The number of aryl methyl sites for hydroxylation is 1. The van der Waals surface area contributed by atoms with Gasteiger partial charge in [-0.2, -0.15) is 13.2 Å². The van der Waals surface area contributed by atoms with E-state index >= 15 is 0 Å². The van der Waals surface area contributed by atoms with Crippen molar-refractivity contribution in [2.24, 2.45) is 0 Å². The highest BCUT2D eigenvalue weighted by Gasteiger charge is 2.30. The third-order valence-corrected chi connectivity index (χ3v) is 3.43. The molecule has 0 bridgehead atoms. The van der Waals surface area contributed by atoms with E-state index in [1.165, 1.54) is 12.1 Å². The van der Waals surface area contributed by atoms with Gasteiger partial charge in [-0.1, -0.05) is 18.2 Å². The fraction of sp³-hybridized carbons (Fsp3) is 0.294. The lowest BCUT2D eigenvalue weighted by molar-refractivity contribution is -0.137. The summed E-state index contributed by atoms with van der Waals surface area (Å²) in [5.74, 6) is -0.341. The maximum Gasteiger partial charge on any atom is 0.416 e. The van der Waals surface area contributed by atoms with Crippen LogP contribution in [0.15, 0.2) is 42.6 Å². The smallest absolute Gasteiger partial charge is 0.387 e. The summed E-state index contributed by atoms with van der Waals surface area (Å²) in [6.45, 7) is 1.66. The minimum absolute atomic E-state index is 0.0859. The zero-order valence-electron chi connectivity index (χ0n) is 13.0. The average molecular weight is 338 g/mol. The molecule has 1 heterocycles. The lowest BCUT2D eigenvalue weighted by Gasteiger charge is -2.14. The molecule has 1 amide bonds. The molecular weight excluding hydrogens is 321 g/mol. The third kappa shape index (κ3) is 5.06. The normalized spacial score (nSPS) is 12.7. The number of amides is 1. The van der Waals surface area contributed by atoms with Crippen molar-refractivity contribution in [2.45, 2.75) is 25.6 Å². The fourth-order valence-electron chi connectivity index (χ4n) is 2.10. The topological polar surface area (TPSA) is 62.2 Å². The maximum absolute atomic E-state index is 12.7. The molecule has 1 aromatic carbocycles. The molecule has 0 saturated heterocycles. The number of hydrogen-bond acceptors (Lipinski definition) is 3. The molecule has 0 aliphatic carbocycles. The van der Waals surface area contributed by atoms with Crippen LogP contribution in [0.25, 0.3) is 0 Å². The van der Waals surface area contributed by atoms with Crippen LogP contribution in [0, 0.1) is 6.92 Å². The van der Waals surface area contributed by atoms with Crippen LogP contribution in [-0.4, -0.2) is 22.5 Å². The van der Waals surface area contributed by atoms with Gasteiger partial charge in [0.15, 0.2) is 0 Å². The Hall–Kier alpha value is -2.41. The largest absolute Gasteiger partial charge is 0.416 e. The number of aliphatic hydroxyl groups excluding tert-OH is 1. The molecule has 0 saturated carbocycles. The van der Waals surface area contributed by atoms with Crippen LogP contribution in [0.1, 0.15) is 28.5 Å². The van der Waals surface area contributed by atoms with Gasteiger partial charge in [0.1, 0.15) is 0 Å². The lowest BCUT2D eigenvalue weighted by Crippen LogP contribution is -2.29. The highest BCUT2D eigenvalue weighted by Crippen LogP contribution is 2.30. The monoisotopic (exact) mass is 338 g/mol. The second kappa shape index (κ2) is 7.44. The standard InChI is InChI=1S/C17H17F3N2O2/c1-11-5-6-12(9-21-11)7-16(24)22-10-15(23)13-3-2-4-14(8-13)17(18,19)20/h2-6,8-9,15,23H,7,10H2,1H3,(H,22,24). The second-order valence-electron chi connectivity index (χ2n) is 5.43. The molecule has 0 radical (unpaired) electrons. The number of aliphatic hydroxyl groups is 1. The summed E-state index contributed by atoms with van der Waals surface area (Å²) in [7, 11) is 0. The molecule has 0 fully saturated rings. The average Bonchev–Trinajstić information content (AvgIpc) is 2.54. The molecule has 128 valence electrons. The van der Waals surface area contributed by atoms with Crippen molar-refractivity contribution >= 4 is 5.91 Å². The molecule has 4 nitrogen and oxygen atoms in total. The number of alkyl halides is 3. The minimum Gasteiger partial charge on any atom is -0.387 e. The molecular formula is C17H17F3N2O2. The van der Waals surface area contributed by atoms with Crippen molar-refractivity contribution in [3.05, 3.63) is 65.0 Å². The second-order valence-corrected chi connectivity index (χ2v) is 5.43. The number of hydrogen-bond donors (Lipinski definition) is 2. The molecule has 0 aliphatic heterocycles. The van der Waals surface area contributed by atoms with E-state index in [1.807, 2.05) is 6.92 Å². The number of carbonyl (C=O) groups is 1. The quantitative estimate of drug-likeness (QED) is 0.881.